The summed E-state index contributed by atoms with van der Waals surface area (Å²) in [6, 6.07) is 8.51. The fourth-order valence-electron chi connectivity index (χ4n) is 3.34. The lowest BCUT2D eigenvalue weighted by atomic mass is 9.75. The minimum atomic E-state index is -0.563. The van der Waals surface area contributed by atoms with Crippen LogP contribution in [0.3, 0.4) is 0 Å². The van der Waals surface area contributed by atoms with Crippen LogP contribution in [0.5, 0.6) is 0 Å². The molecule has 0 saturated heterocycles. The van der Waals surface area contributed by atoms with Crippen LogP contribution in [0.2, 0.25) is 0 Å². The molecule has 28 heavy (non-hydrogen) atoms. The van der Waals surface area contributed by atoms with E-state index in [1.807, 2.05) is 11.8 Å². The van der Waals surface area contributed by atoms with Gasteiger partial charge in [-0.05, 0) is 60.5 Å². The zero-order chi connectivity index (χ0) is 21.0. The maximum absolute atomic E-state index is 12.9. The quantitative estimate of drug-likeness (QED) is 0.310. The van der Waals surface area contributed by atoms with Gasteiger partial charge >= 0.3 is 0 Å². The van der Waals surface area contributed by atoms with Gasteiger partial charge in [0, 0.05) is 12.8 Å². The van der Waals surface area contributed by atoms with Crippen LogP contribution < -0.4 is 10.9 Å². The first-order valence-corrected chi connectivity index (χ1v) is 12.6. The monoisotopic (exact) mass is 426 g/mol. The van der Waals surface area contributed by atoms with E-state index >= 15 is 0 Å². The molecular weight excluding hydrogens is 388 g/mol. The number of carbonyl (C=O) groups excluding carboxylic acids is 1. The Kier molecular flexibility index (Phi) is 11.6. The lowest BCUT2D eigenvalue weighted by Gasteiger charge is -2.31. The van der Waals surface area contributed by atoms with Crippen LogP contribution in [0, 0.1) is 5.41 Å². The predicted molar refractivity (Wildman–Crippen MR) is 125 cm³/mol. The summed E-state index contributed by atoms with van der Waals surface area (Å²) in [5.41, 5.74) is 7.62. The van der Waals surface area contributed by atoms with Crippen molar-refractivity contribution in [2.45, 2.75) is 51.9 Å². The maximum atomic E-state index is 12.9. The molecule has 1 aromatic rings. The van der Waals surface area contributed by atoms with Crippen LogP contribution in [0.1, 0.15) is 51.2 Å². The van der Waals surface area contributed by atoms with E-state index < -0.39 is 5.41 Å². The lowest BCUT2D eigenvalue weighted by molar-refractivity contribution is -0.127. The number of thioether (sulfide) groups is 2. The third-order valence-electron chi connectivity index (χ3n) is 5.16. The fraction of sp³-hybridized carbons (Fsp3) is 0.682. The molecular formula is C22H38N2O2S2. The normalized spacial score (nSPS) is 13.9. The number of amides is 1. The minimum absolute atomic E-state index is 0.0180. The second-order valence-corrected chi connectivity index (χ2v) is 10.4. The van der Waals surface area contributed by atoms with Gasteiger partial charge in [0.05, 0.1) is 12.0 Å². The summed E-state index contributed by atoms with van der Waals surface area (Å²) in [5, 5.41) is 8.99. The summed E-state index contributed by atoms with van der Waals surface area (Å²) in [5.74, 6) is 2.92. The van der Waals surface area contributed by atoms with Crippen molar-refractivity contribution in [3.05, 3.63) is 35.4 Å². The summed E-state index contributed by atoms with van der Waals surface area (Å²) in [4.78, 5) is 12.9. The van der Waals surface area contributed by atoms with Crippen LogP contribution in [-0.4, -0.2) is 48.2 Å². The number of carbonyl (C=O) groups is 1. The Balaban J connectivity index is 2.89. The minimum Gasteiger partial charge on any atom is -0.396 e. The number of nitrogens with one attached hydrogen (secondary N) is 2. The molecule has 4 nitrogen and oxygen atoms in total. The number of rotatable bonds is 14. The van der Waals surface area contributed by atoms with Gasteiger partial charge < -0.3 is 5.11 Å². The van der Waals surface area contributed by atoms with E-state index in [0.717, 1.165) is 48.5 Å². The summed E-state index contributed by atoms with van der Waals surface area (Å²) < 4.78 is 0. The third-order valence-corrected chi connectivity index (χ3v) is 7.23. The molecule has 0 spiro atoms. The molecule has 0 aliphatic carbocycles. The van der Waals surface area contributed by atoms with Crippen molar-refractivity contribution in [3.8, 4) is 0 Å². The average molecular weight is 427 g/mol. The summed E-state index contributed by atoms with van der Waals surface area (Å²) in [6.45, 7) is 6.83. The molecule has 1 atom stereocenters. The number of hydrogen-bond donors (Lipinski definition) is 3. The fourth-order valence-corrected chi connectivity index (χ4v) is 4.75. The van der Waals surface area contributed by atoms with Crippen molar-refractivity contribution in [3.63, 3.8) is 0 Å². The molecule has 0 fully saturated rings. The Bertz CT molecular complexity index is 596. The van der Waals surface area contributed by atoms with E-state index in [2.05, 4.69) is 62.1 Å². The number of aliphatic hydroxyl groups is 1. The third kappa shape index (κ3) is 8.36. The van der Waals surface area contributed by atoms with Crippen molar-refractivity contribution < 1.29 is 9.90 Å². The topological polar surface area (TPSA) is 61.4 Å². The van der Waals surface area contributed by atoms with Gasteiger partial charge in [0.25, 0.3) is 0 Å². The number of benzene rings is 1. The zero-order valence-electron chi connectivity index (χ0n) is 18.1. The van der Waals surface area contributed by atoms with E-state index in [-0.39, 0.29) is 17.9 Å². The van der Waals surface area contributed by atoms with Gasteiger partial charge in [0.1, 0.15) is 0 Å². The van der Waals surface area contributed by atoms with Gasteiger partial charge in [-0.3, -0.25) is 10.2 Å². The molecule has 0 heterocycles. The zero-order valence-corrected chi connectivity index (χ0v) is 19.8. The number of aryl methyl sites for hydroxylation is 1. The Hall–Kier alpha value is -0.690. The van der Waals surface area contributed by atoms with E-state index in [1.165, 1.54) is 5.56 Å². The molecule has 0 aromatic heterocycles. The molecule has 6 heteroatoms. The maximum Gasteiger partial charge on any atom is 0.244 e. The highest BCUT2D eigenvalue weighted by Gasteiger charge is 2.35. The SMILES string of the molecule is CNNC(=O)C(C)(CCCC(C)(C)CSCCO)c1cccc(CCSC)c1. The van der Waals surface area contributed by atoms with Gasteiger partial charge in [0.2, 0.25) is 5.91 Å². The second kappa shape index (κ2) is 12.8. The highest BCUT2D eigenvalue weighted by molar-refractivity contribution is 7.99. The molecule has 0 bridgehead atoms. The molecule has 0 aliphatic heterocycles. The molecule has 1 aromatic carbocycles. The lowest BCUT2D eigenvalue weighted by Crippen LogP contribution is -2.47. The number of hydrogen-bond acceptors (Lipinski definition) is 5. The summed E-state index contributed by atoms with van der Waals surface area (Å²) in [6.07, 6.45) is 5.98. The molecule has 0 saturated carbocycles. The molecule has 160 valence electrons. The standard InChI is InChI=1S/C22H38N2O2S2/c1-21(2,17-28-15-13-25)11-7-12-22(3,20(26)24-23-4)19-9-6-8-18(16-19)10-14-27-5/h6,8-9,16,23,25H,7,10-15,17H2,1-5H3,(H,24,26). The van der Waals surface area contributed by atoms with Gasteiger partial charge in [0.15, 0.2) is 0 Å². The van der Waals surface area contributed by atoms with Crippen molar-refractivity contribution in [1.82, 2.24) is 10.9 Å². The van der Waals surface area contributed by atoms with Crippen LogP contribution in [0.25, 0.3) is 0 Å². The molecule has 0 aliphatic rings. The van der Waals surface area contributed by atoms with Crippen molar-refractivity contribution in [2.75, 3.05) is 37.2 Å². The first-order valence-electron chi connectivity index (χ1n) is 10.0. The Morgan fingerprint density at radius 2 is 1.93 bits per heavy atom. The Morgan fingerprint density at radius 1 is 1.18 bits per heavy atom. The Labute approximate surface area is 180 Å². The van der Waals surface area contributed by atoms with E-state index in [1.54, 1.807) is 18.8 Å². The summed E-state index contributed by atoms with van der Waals surface area (Å²) in [7, 11) is 1.73. The number of aliphatic hydroxyl groups excluding tert-OH is 1. The van der Waals surface area contributed by atoms with Gasteiger partial charge in [-0.2, -0.15) is 23.5 Å². The molecule has 1 amide bonds. The molecule has 1 rings (SSSR count). The predicted octanol–water partition coefficient (Wildman–Crippen LogP) is 4.02. The van der Waals surface area contributed by atoms with Crippen LogP contribution in [0.4, 0.5) is 0 Å². The highest BCUT2D eigenvalue weighted by Crippen LogP contribution is 2.34. The average Bonchev–Trinajstić information content (AvgIpc) is 2.66. The first kappa shape index (κ1) is 25.3. The molecule has 1 unspecified atom stereocenters. The van der Waals surface area contributed by atoms with Crippen LogP contribution in [0.15, 0.2) is 24.3 Å². The number of hydrazine groups is 1. The van der Waals surface area contributed by atoms with E-state index in [9.17, 15) is 4.79 Å². The van der Waals surface area contributed by atoms with Gasteiger partial charge in [-0.1, -0.05) is 44.5 Å². The largest absolute Gasteiger partial charge is 0.396 e. The Morgan fingerprint density at radius 3 is 2.57 bits per heavy atom. The van der Waals surface area contributed by atoms with Gasteiger partial charge in [-0.15, -0.1) is 0 Å². The van der Waals surface area contributed by atoms with Crippen molar-refractivity contribution >= 4 is 29.4 Å². The second-order valence-electron chi connectivity index (χ2n) is 8.27. The van der Waals surface area contributed by atoms with Gasteiger partial charge in [-0.25, -0.2) is 5.43 Å². The highest BCUT2D eigenvalue weighted by atomic mass is 32.2. The smallest absolute Gasteiger partial charge is 0.244 e. The van der Waals surface area contributed by atoms with Crippen LogP contribution in [-0.2, 0) is 16.6 Å². The van der Waals surface area contributed by atoms with E-state index in [0.29, 0.717) is 0 Å². The van der Waals surface area contributed by atoms with Crippen molar-refractivity contribution in [2.24, 2.45) is 5.41 Å². The molecule has 0 radical (unpaired) electrons. The van der Waals surface area contributed by atoms with Crippen LogP contribution >= 0.6 is 23.5 Å². The first-order chi connectivity index (χ1) is 13.3. The van der Waals surface area contributed by atoms with E-state index in [4.69, 9.17) is 5.11 Å². The van der Waals surface area contributed by atoms with Crippen molar-refractivity contribution in [1.29, 1.82) is 0 Å². The summed E-state index contributed by atoms with van der Waals surface area (Å²) >= 11 is 3.64. The molecule has 3 N–H and O–H groups in total.